The summed E-state index contributed by atoms with van der Waals surface area (Å²) in [5, 5.41) is 0. The third-order valence-electron chi connectivity index (χ3n) is 2.35. The lowest BCUT2D eigenvalue weighted by Gasteiger charge is -2.14. The number of rotatable bonds is 7. The van der Waals surface area contributed by atoms with E-state index in [0.29, 0.717) is 30.3 Å². The monoisotopic (exact) mass is 378 g/mol. The van der Waals surface area contributed by atoms with E-state index in [4.69, 9.17) is 14.2 Å². The smallest absolute Gasteiger partial charge is 0.338 e. The predicted octanol–water partition coefficient (Wildman–Crippen LogP) is 3.66. The number of benzene rings is 1. The Bertz CT molecular complexity index is 402. The predicted molar refractivity (Wildman–Crippen MR) is 82.1 cm³/mol. The van der Waals surface area contributed by atoms with E-state index < -0.39 is 0 Å². The van der Waals surface area contributed by atoms with Crippen LogP contribution in [0.1, 0.15) is 37.0 Å². The van der Waals surface area contributed by atoms with Gasteiger partial charge in [0.05, 0.1) is 29.5 Å². The summed E-state index contributed by atoms with van der Waals surface area (Å²) >= 11 is 2.17. The van der Waals surface area contributed by atoms with Gasteiger partial charge in [-0.25, -0.2) is 4.79 Å². The summed E-state index contributed by atoms with van der Waals surface area (Å²) in [6.45, 7) is 5.28. The van der Waals surface area contributed by atoms with Gasteiger partial charge in [-0.15, -0.1) is 0 Å². The second-order valence-electron chi connectivity index (χ2n) is 3.98. The van der Waals surface area contributed by atoms with E-state index in [1.165, 1.54) is 7.11 Å². The number of methoxy groups -OCH3 is 1. The highest BCUT2D eigenvalue weighted by molar-refractivity contribution is 14.1. The van der Waals surface area contributed by atoms with Crippen molar-refractivity contribution in [2.45, 2.75) is 26.7 Å². The summed E-state index contributed by atoms with van der Waals surface area (Å²) < 4.78 is 16.9. The molecule has 0 aliphatic carbocycles. The molecule has 1 aromatic carbocycles. The number of esters is 1. The fraction of sp³-hybridized carbons (Fsp3) is 0.500. The van der Waals surface area contributed by atoms with Gasteiger partial charge < -0.3 is 14.2 Å². The summed E-state index contributed by atoms with van der Waals surface area (Å²) in [6, 6.07) is 3.39. The van der Waals surface area contributed by atoms with Crippen molar-refractivity contribution < 1.29 is 19.0 Å². The number of hydrogen-bond donors (Lipinski definition) is 0. The Morgan fingerprint density at radius 2 is 1.58 bits per heavy atom. The van der Waals surface area contributed by atoms with E-state index in [0.717, 1.165) is 16.4 Å². The van der Waals surface area contributed by atoms with E-state index in [1.807, 2.05) is 13.8 Å². The Balaban J connectivity index is 3.09. The quantitative estimate of drug-likeness (QED) is 0.537. The lowest BCUT2D eigenvalue weighted by atomic mass is 10.2. The van der Waals surface area contributed by atoms with Crippen molar-refractivity contribution in [3.05, 3.63) is 21.3 Å². The van der Waals surface area contributed by atoms with Gasteiger partial charge in [0, 0.05) is 0 Å². The minimum absolute atomic E-state index is 0.390. The van der Waals surface area contributed by atoms with Crippen LogP contribution in [0.15, 0.2) is 12.1 Å². The fourth-order valence-corrected chi connectivity index (χ4v) is 2.06. The van der Waals surface area contributed by atoms with Crippen LogP contribution in [0.5, 0.6) is 11.5 Å². The summed E-state index contributed by atoms with van der Waals surface area (Å²) in [4.78, 5) is 11.6. The van der Waals surface area contributed by atoms with E-state index in [-0.39, 0.29) is 5.97 Å². The maximum absolute atomic E-state index is 11.6. The van der Waals surface area contributed by atoms with Crippen LogP contribution >= 0.6 is 22.6 Å². The number of carbonyl (C=O) groups excluding carboxylic acids is 1. The molecule has 4 nitrogen and oxygen atoms in total. The third kappa shape index (κ3) is 4.56. The first-order chi connectivity index (χ1) is 9.13. The normalized spacial score (nSPS) is 10.1. The fourth-order valence-electron chi connectivity index (χ4n) is 1.44. The Morgan fingerprint density at radius 1 is 1.11 bits per heavy atom. The zero-order valence-corrected chi connectivity index (χ0v) is 13.7. The van der Waals surface area contributed by atoms with Gasteiger partial charge in [0.15, 0.2) is 0 Å². The molecule has 0 bridgehead atoms. The van der Waals surface area contributed by atoms with Crippen LogP contribution in [0, 0.1) is 3.57 Å². The van der Waals surface area contributed by atoms with E-state index in [1.54, 1.807) is 12.1 Å². The third-order valence-corrected chi connectivity index (χ3v) is 3.41. The van der Waals surface area contributed by atoms with Crippen molar-refractivity contribution in [1.29, 1.82) is 0 Å². The Labute approximate surface area is 127 Å². The molecule has 0 radical (unpaired) electrons. The molecule has 0 N–H and O–H groups in total. The molecule has 0 amide bonds. The van der Waals surface area contributed by atoms with Crippen molar-refractivity contribution in [1.82, 2.24) is 0 Å². The second-order valence-corrected chi connectivity index (χ2v) is 5.05. The molecule has 1 aromatic rings. The largest absolute Gasteiger partial charge is 0.492 e. The highest BCUT2D eigenvalue weighted by Gasteiger charge is 2.15. The SMILES string of the molecule is CCCOc1cc(C(=O)OC)cc(OCCC)c1I. The van der Waals surface area contributed by atoms with Gasteiger partial charge in [0.2, 0.25) is 0 Å². The van der Waals surface area contributed by atoms with E-state index in [2.05, 4.69) is 22.6 Å². The van der Waals surface area contributed by atoms with Crippen LogP contribution in [0.3, 0.4) is 0 Å². The molecule has 0 atom stereocenters. The summed E-state index contributed by atoms with van der Waals surface area (Å²) in [5.41, 5.74) is 0.445. The molecule has 0 aliphatic rings. The van der Waals surface area contributed by atoms with Crippen molar-refractivity contribution in [2.75, 3.05) is 20.3 Å². The lowest BCUT2D eigenvalue weighted by molar-refractivity contribution is 0.0599. The molecule has 19 heavy (non-hydrogen) atoms. The molecule has 0 saturated heterocycles. The lowest BCUT2D eigenvalue weighted by Crippen LogP contribution is -2.06. The molecule has 0 fully saturated rings. The highest BCUT2D eigenvalue weighted by atomic mass is 127. The van der Waals surface area contributed by atoms with Gasteiger partial charge in [-0.2, -0.15) is 0 Å². The van der Waals surface area contributed by atoms with Gasteiger partial charge in [-0.05, 0) is 47.6 Å². The van der Waals surface area contributed by atoms with Crippen LogP contribution in [0.4, 0.5) is 0 Å². The van der Waals surface area contributed by atoms with Crippen molar-refractivity contribution in [3.8, 4) is 11.5 Å². The summed E-state index contributed by atoms with van der Waals surface area (Å²) in [7, 11) is 1.36. The summed E-state index contributed by atoms with van der Waals surface area (Å²) in [6.07, 6.45) is 1.81. The van der Waals surface area contributed by atoms with Crippen LogP contribution in [0.2, 0.25) is 0 Å². The average molecular weight is 378 g/mol. The first-order valence-electron chi connectivity index (χ1n) is 6.31. The number of carbonyl (C=O) groups is 1. The highest BCUT2D eigenvalue weighted by Crippen LogP contribution is 2.32. The molecule has 0 saturated carbocycles. The summed E-state index contributed by atoms with van der Waals surface area (Å²) in [5.74, 6) is 0.937. The van der Waals surface area contributed by atoms with Gasteiger partial charge >= 0.3 is 5.97 Å². The molecular formula is C14H19IO4. The van der Waals surface area contributed by atoms with Crippen molar-refractivity contribution >= 4 is 28.6 Å². The molecule has 5 heteroatoms. The molecule has 1 rings (SSSR count). The Kier molecular flexibility index (Phi) is 6.97. The molecular weight excluding hydrogens is 359 g/mol. The molecule has 0 aliphatic heterocycles. The number of ether oxygens (including phenoxy) is 3. The van der Waals surface area contributed by atoms with Gasteiger partial charge in [0.25, 0.3) is 0 Å². The molecule has 0 aromatic heterocycles. The number of hydrogen-bond acceptors (Lipinski definition) is 4. The number of halogens is 1. The zero-order valence-electron chi connectivity index (χ0n) is 11.5. The van der Waals surface area contributed by atoms with Crippen LogP contribution in [0.25, 0.3) is 0 Å². The minimum atomic E-state index is -0.390. The van der Waals surface area contributed by atoms with Gasteiger partial charge in [-0.1, -0.05) is 13.8 Å². The van der Waals surface area contributed by atoms with Crippen molar-refractivity contribution in [2.24, 2.45) is 0 Å². The maximum atomic E-state index is 11.6. The van der Waals surface area contributed by atoms with E-state index in [9.17, 15) is 4.79 Å². The average Bonchev–Trinajstić information content (AvgIpc) is 2.44. The van der Waals surface area contributed by atoms with Crippen LogP contribution in [-0.2, 0) is 4.74 Å². The Hall–Kier alpha value is -0.980. The molecule has 0 heterocycles. The van der Waals surface area contributed by atoms with Crippen molar-refractivity contribution in [3.63, 3.8) is 0 Å². The maximum Gasteiger partial charge on any atom is 0.338 e. The minimum Gasteiger partial charge on any atom is -0.492 e. The van der Waals surface area contributed by atoms with Gasteiger partial charge in [0.1, 0.15) is 11.5 Å². The Morgan fingerprint density at radius 3 is 1.95 bits per heavy atom. The topological polar surface area (TPSA) is 44.8 Å². The molecule has 0 unspecified atom stereocenters. The molecule has 106 valence electrons. The van der Waals surface area contributed by atoms with Gasteiger partial charge in [-0.3, -0.25) is 0 Å². The first kappa shape index (κ1) is 16.1. The van der Waals surface area contributed by atoms with Crippen LogP contribution in [-0.4, -0.2) is 26.3 Å². The van der Waals surface area contributed by atoms with E-state index >= 15 is 0 Å². The van der Waals surface area contributed by atoms with Crippen LogP contribution < -0.4 is 9.47 Å². The zero-order chi connectivity index (χ0) is 14.3. The standard InChI is InChI=1S/C14H19IO4/c1-4-6-18-11-8-10(14(16)17-3)9-12(13(11)15)19-7-5-2/h8-9H,4-7H2,1-3H3. The second kappa shape index (κ2) is 8.24. The molecule has 0 spiro atoms. The first-order valence-corrected chi connectivity index (χ1v) is 7.39.